The molecule has 0 saturated heterocycles. The lowest BCUT2D eigenvalue weighted by Gasteiger charge is -2.24. The van der Waals surface area contributed by atoms with Gasteiger partial charge in [-0.3, -0.25) is 4.79 Å². The fraction of sp³-hybridized carbons (Fsp3) is 0.294. The number of aryl methyl sites for hydroxylation is 2. The van der Waals surface area contributed by atoms with Crippen LogP contribution in [-0.2, 0) is 0 Å². The number of rotatable bonds is 3. The molecule has 0 aliphatic carbocycles. The predicted octanol–water partition coefficient (Wildman–Crippen LogP) is 4.07. The van der Waals surface area contributed by atoms with E-state index < -0.39 is 0 Å². The molecule has 1 N–H and O–H groups in total. The van der Waals surface area contributed by atoms with Crippen LogP contribution in [0.4, 0.5) is 0 Å². The van der Waals surface area contributed by atoms with E-state index in [0.717, 1.165) is 21.6 Å². The maximum Gasteiger partial charge on any atom is 0.256 e. The maximum absolute atomic E-state index is 12.8. The molecule has 0 radical (unpaired) electrons. The summed E-state index contributed by atoms with van der Waals surface area (Å²) >= 11 is 1.67. The summed E-state index contributed by atoms with van der Waals surface area (Å²) in [4.78, 5) is 23.5. The highest BCUT2D eigenvalue weighted by Gasteiger charge is 2.24. The highest BCUT2D eigenvalue weighted by Crippen LogP contribution is 2.28. The van der Waals surface area contributed by atoms with Crippen LogP contribution in [0.5, 0.6) is 0 Å². The van der Waals surface area contributed by atoms with E-state index in [9.17, 15) is 4.79 Å². The number of hydrogen-bond donors (Lipinski definition) is 1. The van der Waals surface area contributed by atoms with Crippen molar-refractivity contribution in [3.8, 4) is 0 Å². The summed E-state index contributed by atoms with van der Waals surface area (Å²) in [6, 6.07) is 7.80. The minimum atomic E-state index is -0.0499. The third-order valence-electron chi connectivity index (χ3n) is 4.06. The Morgan fingerprint density at radius 2 is 2.05 bits per heavy atom. The second-order valence-electron chi connectivity index (χ2n) is 5.51. The van der Waals surface area contributed by atoms with Crippen molar-refractivity contribution in [2.45, 2.75) is 26.8 Å². The van der Waals surface area contributed by atoms with Crippen molar-refractivity contribution in [1.29, 1.82) is 0 Å². The lowest BCUT2D eigenvalue weighted by Crippen LogP contribution is -2.30. The third-order valence-corrected chi connectivity index (χ3v) is 4.96. The molecule has 3 rings (SSSR count). The zero-order chi connectivity index (χ0) is 15.9. The molecule has 2 heterocycles. The first-order valence-electron chi connectivity index (χ1n) is 7.26. The topological polar surface area (TPSA) is 49.0 Å². The molecule has 3 aromatic rings. The summed E-state index contributed by atoms with van der Waals surface area (Å²) in [6.07, 6.45) is 1.79. The van der Waals surface area contributed by atoms with E-state index in [0.29, 0.717) is 5.56 Å². The van der Waals surface area contributed by atoms with Crippen LogP contribution in [-0.4, -0.2) is 27.8 Å². The third kappa shape index (κ3) is 2.41. The summed E-state index contributed by atoms with van der Waals surface area (Å²) in [5.41, 5.74) is 2.67. The van der Waals surface area contributed by atoms with Gasteiger partial charge in [0.2, 0.25) is 0 Å². The number of benzene rings is 1. The average molecular weight is 313 g/mol. The van der Waals surface area contributed by atoms with E-state index in [1.54, 1.807) is 22.4 Å². The highest BCUT2D eigenvalue weighted by atomic mass is 32.1. The number of hydrogen-bond acceptors (Lipinski definition) is 3. The molecule has 4 nitrogen and oxygen atoms in total. The molecule has 0 bridgehead atoms. The van der Waals surface area contributed by atoms with Gasteiger partial charge in [-0.05, 0) is 26.8 Å². The molecule has 22 heavy (non-hydrogen) atoms. The standard InChI is InChI=1S/C17H19N3OS/c1-10(16-11(2)22-12(3)19-16)20(4)17(21)14-9-18-15-8-6-5-7-13(14)15/h5-10,18H,1-4H3. The van der Waals surface area contributed by atoms with Crippen LogP contribution >= 0.6 is 11.3 Å². The van der Waals surface area contributed by atoms with Crippen molar-refractivity contribution in [3.63, 3.8) is 0 Å². The predicted molar refractivity (Wildman–Crippen MR) is 90.4 cm³/mol. The number of nitrogens with zero attached hydrogens (tertiary/aromatic N) is 2. The van der Waals surface area contributed by atoms with Gasteiger partial charge in [-0.25, -0.2) is 4.98 Å². The number of fused-ring (bicyclic) bond motifs is 1. The van der Waals surface area contributed by atoms with Crippen LogP contribution in [0.2, 0.25) is 0 Å². The molecule has 0 fully saturated rings. The molecule has 1 aromatic carbocycles. The van der Waals surface area contributed by atoms with Gasteiger partial charge in [0.05, 0.1) is 22.3 Å². The van der Waals surface area contributed by atoms with Crippen LogP contribution in [0.3, 0.4) is 0 Å². The summed E-state index contributed by atoms with van der Waals surface area (Å²) < 4.78 is 0. The number of thiazole rings is 1. The molecule has 0 saturated carbocycles. The maximum atomic E-state index is 12.8. The lowest BCUT2D eigenvalue weighted by atomic mass is 10.1. The van der Waals surface area contributed by atoms with E-state index in [1.165, 1.54) is 4.88 Å². The van der Waals surface area contributed by atoms with Gasteiger partial charge in [0.15, 0.2) is 0 Å². The average Bonchev–Trinajstić information content (AvgIpc) is 3.08. The van der Waals surface area contributed by atoms with E-state index >= 15 is 0 Å². The number of aromatic amines is 1. The Balaban J connectivity index is 1.93. The summed E-state index contributed by atoms with van der Waals surface area (Å²) in [5.74, 6) is 0.00926. The van der Waals surface area contributed by atoms with Gasteiger partial charge in [0.25, 0.3) is 5.91 Å². The second-order valence-corrected chi connectivity index (χ2v) is 6.92. The normalized spacial score (nSPS) is 12.5. The first kappa shape index (κ1) is 14.8. The zero-order valence-electron chi connectivity index (χ0n) is 13.2. The zero-order valence-corrected chi connectivity index (χ0v) is 14.0. The number of nitrogens with one attached hydrogen (secondary N) is 1. The quantitative estimate of drug-likeness (QED) is 0.792. The highest BCUT2D eigenvalue weighted by molar-refractivity contribution is 7.11. The van der Waals surface area contributed by atoms with Gasteiger partial charge < -0.3 is 9.88 Å². The molecular formula is C17H19N3OS. The molecule has 0 aliphatic rings. The van der Waals surface area contributed by atoms with Crippen molar-refractivity contribution >= 4 is 28.1 Å². The van der Waals surface area contributed by atoms with E-state index in [-0.39, 0.29) is 11.9 Å². The van der Waals surface area contributed by atoms with Crippen molar-refractivity contribution in [2.24, 2.45) is 0 Å². The molecule has 1 amide bonds. The van der Waals surface area contributed by atoms with Crippen molar-refractivity contribution in [2.75, 3.05) is 7.05 Å². The Labute approximate surface area is 133 Å². The Hall–Kier alpha value is -2.14. The fourth-order valence-corrected chi connectivity index (χ4v) is 3.64. The van der Waals surface area contributed by atoms with E-state index in [2.05, 4.69) is 16.9 Å². The Morgan fingerprint density at radius 3 is 2.73 bits per heavy atom. The summed E-state index contributed by atoms with van der Waals surface area (Å²) in [5, 5.41) is 1.99. The van der Waals surface area contributed by atoms with Gasteiger partial charge in [0, 0.05) is 29.0 Å². The van der Waals surface area contributed by atoms with Gasteiger partial charge in [-0.2, -0.15) is 0 Å². The number of aromatic nitrogens is 2. The van der Waals surface area contributed by atoms with Gasteiger partial charge >= 0.3 is 0 Å². The Morgan fingerprint density at radius 1 is 1.32 bits per heavy atom. The largest absolute Gasteiger partial charge is 0.360 e. The van der Waals surface area contributed by atoms with Crippen LogP contribution in [0, 0.1) is 13.8 Å². The second kappa shape index (κ2) is 5.57. The SMILES string of the molecule is Cc1nc(C(C)N(C)C(=O)c2c[nH]c3ccccc23)c(C)s1. The minimum absolute atomic E-state index is 0.00926. The van der Waals surface area contributed by atoms with Gasteiger partial charge in [-0.15, -0.1) is 11.3 Å². The molecule has 1 unspecified atom stereocenters. The lowest BCUT2D eigenvalue weighted by molar-refractivity contribution is 0.0742. The Bertz CT molecular complexity index is 833. The van der Waals surface area contributed by atoms with Crippen LogP contribution in [0.25, 0.3) is 10.9 Å². The first-order valence-corrected chi connectivity index (χ1v) is 8.08. The molecule has 1 atom stereocenters. The van der Waals surface area contributed by atoms with Crippen LogP contribution in [0.15, 0.2) is 30.5 Å². The molecule has 114 valence electrons. The first-order chi connectivity index (χ1) is 10.5. The molecule has 5 heteroatoms. The number of carbonyl (C=O) groups is 1. The van der Waals surface area contributed by atoms with Crippen molar-refractivity contribution < 1.29 is 4.79 Å². The number of para-hydroxylation sites is 1. The number of H-pyrrole nitrogens is 1. The van der Waals surface area contributed by atoms with Crippen LogP contribution in [0.1, 0.15) is 38.9 Å². The van der Waals surface area contributed by atoms with E-state index in [4.69, 9.17) is 0 Å². The molecule has 0 spiro atoms. The fourth-order valence-electron chi connectivity index (χ4n) is 2.73. The molecule has 2 aromatic heterocycles. The van der Waals surface area contributed by atoms with Crippen molar-refractivity contribution in [3.05, 3.63) is 51.6 Å². The Kier molecular flexibility index (Phi) is 3.74. The van der Waals surface area contributed by atoms with Crippen molar-refractivity contribution in [1.82, 2.24) is 14.9 Å². The molecule has 0 aliphatic heterocycles. The van der Waals surface area contributed by atoms with Gasteiger partial charge in [0.1, 0.15) is 0 Å². The van der Waals surface area contributed by atoms with Crippen LogP contribution < -0.4 is 0 Å². The van der Waals surface area contributed by atoms with Gasteiger partial charge in [-0.1, -0.05) is 18.2 Å². The summed E-state index contributed by atoms with van der Waals surface area (Å²) in [7, 11) is 1.84. The molecular weight excluding hydrogens is 294 g/mol. The number of carbonyl (C=O) groups excluding carboxylic acids is 1. The van der Waals surface area contributed by atoms with E-state index in [1.807, 2.05) is 45.2 Å². The smallest absolute Gasteiger partial charge is 0.256 e. The number of amides is 1. The monoisotopic (exact) mass is 313 g/mol. The summed E-state index contributed by atoms with van der Waals surface area (Å²) in [6.45, 7) is 6.07. The minimum Gasteiger partial charge on any atom is -0.360 e.